The number of hydrogen-bond donors (Lipinski definition) is 1. The quantitative estimate of drug-likeness (QED) is 0.891. The van der Waals surface area contributed by atoms with Crippen molar-refractivity contribution in [3.8, 4) is 0 Å². The molecule has 7 heteroatoms. The number of aromatic nitrogens is 3. The molecule has 1 amide bonds. The van der Waals surface area contributed by atoms with Gasteiger partial charge in [-0.2, -0.15) is 5.10 Å². The number of morpholine rings is 1. The van der Waals surface area contributed by atoms with E-state index in [9.17, 15) is 4.79 Å². The molecule has 3 heterocycles. The molecule has 22 heavy (non-hydrogen) atoms. The minimum Gasteiger partial charge on any atom is -0.399 e. The highest BCUT2D eigenvalue weighted by atomic mass is 16.5. The summed E-state index contributed by atoms with van der Waals surface area (Å²) in [4.78, 5) is 18.7. The van der Waals surface area contributed by atoms with Crippen LogP contribution in [0.15, 0.2) is 24.5 Å². The van der Waals surface area contributed by atoms with E-state index in [1.807, 2.05) is 13.0 Å². The molecule has 0 bridgehead atoms. The summed E-state index contributed by atoms with van der Waals surface area (Å²) in [5.41, 5.74) is 8.71. The first-order valence-electron chi connectivity index (χ1n) is 7.16. The Morgan fingerprint density at radius 3 is 2.95 bits per heavy atom. The smallest absolute Gasteiger partial charge is 0.257 e. The number of anilines is 1. The van der Waals surface area contributed by atoms with E-state index in [1.54, 1.807) is 35.1 Å². The fourth-order valence-corrected chi connectivity index (χ4v) is 2.61. The Labute approximate surface area is 128 Å². The average Bonchev–Trinajstić information content (AvgIpc) is 2.92. The zero-order valence-electron chi connectivity index (χ0n) is 12.7. The minimum atomic E-state index is -0.253. The largest absolute Gasteiger partial charge is 0.399 e. The number of nitrogens with zero attached hydrogens (tertiary/aromatic N) is 4. The predicted octanol–water partition coefficient (Wildman–Crippen LogP) is 0.919. The third-order valence-electron chi connectivity index (χ3n) is 3.63. The van der Waals surface area contributed by atoms with Crippen LogP contribution in [-0.4, -0.2) is 45.3 Å². The summed E-state index contributed by atoms with van der Waals surface area (Å²) >= 11 is 0. The van der Waals surface area contributed by atoms with Crippen LogP contribution in [0.3, 0.4) is 0 Å². The summed E-state index contributed by atoms with van der Waals surface area (Å²) < 4.78 is 7.38. The summed E-state index contributed by atoms with van der Waals surface area (Å²) in [6.45, 7) is 3.39. The maximum absolute atomic E-state index is 12.5. The Morgan fingerprint density at radius 2 is 2.27 bits per heavy atom. The normalized spacial score (nSPS) is 18.5. The number of pyridine rings is 1. The van der Waals surface area contributed by atoms with Gasteiger partial charge >= 0.3 is 0 Å². The van der Waals surface area contributed by atoms with E-state index in [1.165, 1.54) is 0 Å². The van der Waals surface area contributed by atoms with Crippen LogP contribution in [-0.2, 0) is 11.8 Å². The van der Waals surface area contributed by atoms with Gasteiger partial charge in [0.05, 0.1) is 30.6 Å². The highest BCUT2D eigenvalue weighted by Gasteiger charge is 2.27. The molecule has 2 aromatic rings. The Hall–Kier alpha value is -2.41. The second kappa shape index (κ2) is 5.76. The van der Waals surface area contributed by atoms with Crippen molar-refractivity contribution in [1.82, 2.24) is 19.7 Å². The maximum atomic E-state index is 12.5. The van der Waals surface area contributed by atoms with E-state index in [0.717, 1.165) is 11.4 Å². The SMILES string of the molecule is Cc1cc(N)cc([C@@H]2CN(C(=O)c3cnn(C)c3)CCO2)n1. The number of nitrogen functional groups attached to an aromatic ring is 1. The average molecular weight is 301 g/mol. The zero-order chi connectivity index (χ0) is 15.7. The monoisotopic (exact) mass is 301 g/mol. The first kappa shape index (κ1) is 14.5. The van der Waals surface area contributed by atoms with Crippen LogP contribution in [0, 0.1) is 6.92 Å². The molecule has 0 aromatic carbocycles. The Bertz CT molecular complexity index is 677. The van der Waals surface area contributed by atoms with Gasteiger partial charge in [-0.25, -0.2) is 0 Å². The van der Waals surface area contributed by atoms with Crippen molar-refractivity contribution in [3.63, 3.8) is 0 Å². The fourth-order valence-electron chi connectivity index (χ4n) is 2.61. The van der Waals surface area contributed by atoms with Gasteiger partial charge in [-0.15, -0.1) is 0 Å². The van der Waals surface area contributed by atoms with Crippen LogP contribution in [0.2, 0.25) is 0 Å². The third kappa shape index (κ3) is 2.94. The highest BCUT2D eigenvalue weighted by molar-refractivity contribution is 5.93. The number of hydrogen-bond acceptors (Lipinski definition) is 5. The standard InChI is InChI=1S/C15H19N5O2/c1-10-5-12(16)6-13(18-10)14-9-20(3-4-22-14)15(21)11-7-17-19(2)8-11/h5-8,14H,3-4,9H2,1-2H3,(H2,16,18)/t14-/m0/s1. The zero-order valence-corrected chi connectivity index (χ0v) is 12.7. The Balaban J connectivity index is 1.78. The fraction of sp³-hybridized carbons (Fsp3) is 0.400. The van der Waals surface area contributed by atoms with E-state index in [4.69, 9.17) is 10.5 Å². The Morgan fingerprint density at radius 1 is 1.45 bits per heavy atom. The molecular weight excluding hydrogens is 282 g/mol. The molecule has 116 valence electrons. The van der Waals surface area contributed by atoms with Crippen LogP contribution >= 0.6 is 0 Å². The summed E-state index contributed by atoms with van der Waals surface area (Å²) in [6.07, 6.45) is 3.04. The van der Waals surface area contributed by atoms with Crippen molar-refractivity contribution in [2.75, 3.05) is 25.4 Å². The lowest BCUT2D eigenvalue weighted by Crippen LogP contribution is -2.42. The minimum absolute atomic E-state index is 0.0398. The summed E-state index contributed by atoms with van der Waals surface area (Å²) in [6, 6.07) is 3.61. The van der Waals surface area contributed by atoms with E-state index in [2.05, 4.69) is 10.1 Å². The summed E-state index contributed by atoms with van der Waals surface area (Å²) in [5, 5.41) is 4.04. The molecule has 0 radical (unpaired) electrons. The second-order valence-corrected chi connectivity index (χ2v) is 5.48. The number of carbonyl (C=O) groups is 1. The first-order chi connectivity index (χ1) is 10.5. The van der Waals surface area contributed by atoms with Gasteiger partial charge in [0.15, 0.2) is 0 Å². The molecule has 0 spiro atoms. The van der Waals surface area contributed by atoms with Gasteiger partial charge in [0, 0.05) is 31.2 Å². The molecule has 7 nitrogen and oxygen atoms in total. The number of ether oxygens (including phenoxy) is 1. The molecule has 1 aliphatic heterocycles. The molecule has 1 aliphatic rings. The van der Waals surface area contributed by atoms with Crippen molar-refractivity contribution in [2.24, 2.45) is 7.05 Å². The van der Waals surface area contributed by atoms with Gasteiger partial charge in [-0.3, -0.25) is 14.5 Å². The van der Waals surface area contributed by atoms with Gasteiger partial charge in [-0.1, -0.05) is 0 Å². The predicted molar refractivity (Wildman–Crippen MR) is 81.2 cm³/mol. The van der Waals surface area contributed by atoms with Crippen LogP contribution in [0.1, 0.15) is 27.8 Å². The van der Waals surface area contributed by atoms with Crippen molar-refractivity contribution in [1.29, 1.82) is 0 Å². The third-order valence-corrected chi connectivity index (χ3v) is 3.63. The van der Waals surface area contributed by atoms with Crippen LogP contribution in [0.25, 0.3) is 0 Å². The van der Waals surface area contributed by atoms with Gasteiger partial charge in [-0.05, 0) is 19.1 Å². The molecule has 1 fully saturated rings. The molecule has 2 aromatic heterocycles. The topological polar surface area (TPSA) is 86.3 Å². The lowest BCUT2D eigenvalue weighted by atomic mass is 10.1. The first-order valence-corrected chi connectivity index (χ1v) is 7.16. The molecule has 1 saturated heterocycles. The number of nitrogens with two attached hydrogens (primary N) is 1. The van der Waals surface area contributed by atoms with Crippen LogP contribution in [0.5, 0.6) is 0 Å². The lowest BCUT2D eigenvalue weighted by Gasteiger charge is -2.32. The van der Waals surface area contributed by atoms with Gasteiger partial charge in [0.2, 0.25) is 0 Å². The molecule has 0 saturated carbocycles. The maximum Gasteiger partial charge on any atom is 0.257 e. The molecular formula is C15H19N5O2. The molecule has 0 unspecified atom stereocenters. The van der Waals surface area contributed by atoms with E-state index in [-0.39, 0.29) is 12.0 Å². The van der Waals surface area contributed by atoms with Crippen molar-refractivity contribution >= 4 is 11.6 Å². The number of carbonyl (C=O) groups excluding carboxylic acids is 1. The summed E-state index contributed by atoms with van der Waals surface area (Å²) in [5.74, 6) is -0.0398. The Kier molecular flexibility index (Phi) is 3.81. The molecule has 0 aliphatic carbocycles. The van der Waals surface area contributed by atoms with Gasteiger partial charge < -0.3 is 15.4 Å². The van der Waals surface area contributed by atoms with Crippen molar-refractivity contribution in [3.05, 3.63) is 41.5 Å². The molecule has 1 atom stereocenters. The molecule has 2 N–H and O–H groups in total. The summed E-state index contributed by atoms with van der Waals surface area (Å²) in [7, 11) is 1.79. The van der Waals surface area contributed by atoms with Crippen molar-refractivity contribution < 1.29 is 9.53 Å². The van der Waals surface area contributed by atoms with Crippen LogP contribution in [0.4, 0.5) is 5.69 Å². The van der Waals surface area contributed by atoms with Gasteiger partial charge in [0.25, 0.3) is 5.91 Å². The van der Waals surface area contributed by atoms with E-state index in [0.29, 0.717) is 30.9 Å². The van der Waals surface area contributed by atoms with E-state index >= 15 is 0 Å². The van der Waals surface area contributed by atoms with Crippen LogP contribution < -0.4 is 5.73 Å². The highest BCUT2D eigenvalue weighted by Crippen LogP contribution is 2.23. The number of rotatable bonds is 2. The van der Waals surface area contributed by atoms with Gasteiger partial charge in [0.1, 0.15) is 6.10 Å². The van der Waals surface area contributed by atoms with Crippen molar-refractivity contribution in [2.45, 2.75) is 13.0 Å². The molecule has 3 rings (SSSR count). The second-order valence-electron chi connectivity index (χ2n) is 5.48. The lowest BCUT2D eigenvalue weighted by molar-refractivity contribution is -0.0247. The van der Waals surface area contributed by atoms with E-state index < -0.39 is 0 Å². The number of aryl methyl sites for hydroxylation is 2. The number of amides is 1.